The average Bonchev–Trinajstić information content (AvgIpc) is 2.28. The first kappa shape index (κ1) is 12.6. The summed E-state index contributed by atoms with van der Waals surface area (Å²) in [6, 6.07) is 4.39. The molecule has 1 aromatic rings. The van der Waals surface area contributed by atoms with Gasteiger partial charge in [-0.2, -0.15) is 0 Å². The lowest BCUT2D eigenvalue weighted by Gasteiger charge is -2.03. The molecule has 0 fully saturated rings. The molecule has 0 saturated heterocycles. The highest BCUT2D eigenvalue weighted by Crippen LogP contribution is 2.17. The number of hydrogen-bond acceptors (Lipinski definition) is 3. The van der Waals surface area contributed by atoms with Crippen molar-refractivity contribution < 1.29 is 24.5 Å². The zero-order chi connectivity index (χ0) is 12.8. The Hall–Kier alpha value is -2.48. The molecule has 0 aliphatic carbocycles. The highest BCUT2D eigenvalue weighted by Gasteiger charge is 2.09. The van der Waals surface area contributed by atoms with Crippen LogP contribution >= 0.6 is 0 Å². The van der Waals surface area contributed by atoms with Crippen LogP contribution < -0.4 is 4.74 Å². The average molecular weight is 234 g/mol. The second-order valence-electron chi connectivity index (χ2n) is 3.09. The summed E-state index contributed by atoms with van der Waals surface area (Å²) in [5.74, 6) is 3.11. The molecule has 17 heavy (non-hydrogen) atoms. The number of methoxy groups -OCH3 is 1. The minimum Gasteiger partial charge on any atom is -0.497 e. The standard InChI is InChI=1S/C12H10O5/c1-17-9-6-5-8(3-2-4-11(13)14)10(7-9)12(15)16/h5-7H,4H2,1H3,(H,13,14)(H,15,16). The molecular formula is C12H10O5. The number of carboxylic acids is 2. The van der Waals surface area contributed by atoms with Gasteiger partial charge in [0.1, 0.15) is 12.2 Å². The molecule has 5 nitrogen and oxygen atoms in total. The lowest BCUT2D eigenvalue weighted by atomic mass is 10.1. The normalized spacial score (nSPS) is 9.00. The van der Waals surface area contributed by atoms with Crippen molar-refractivity contribution in [2.75, 3.05) is 7.11 Å². The molecule has 0 aromatic heterocycles. The molecule has 0 unspecified atom stereocenters. The van der Waals surface area contributed by atoms with Gasteiger partial charge in [-0.1, -0.05) is 11.8 Å². The summed E-state index contributed by atoms with van der Waals surface area (Å²) in [7, 11) is 1.43. The molecule has 1 aromatic carbocycles. The monoisotopic (exact) mass is 234 g/mol. The number of aromatic carboxylic acids is 1. The fourth-order valence-electron chi connectivity index (χ4n) is 1.15. The van der Waals surface area contributed by atoms with Crippen molar-refractivity contribution in [1.82, 2.24) is 0 Å². The van der Waals surface area contributed by atoms with E-state index in [1.54, 1.807) is 6.07 Å². The predicted molar refractivity (Wildman–Crippen MR) is 59.1 cm³/mol. The smallest absolute Gasteiger partial charge is 0.337 e. The lowest BCUT2D eigenvalue weighted by Crippen LogP contribution is -2.01. The van der Waals surface area contributed by atoms with Crippen LogP contribution in [-0.2, 0) is 4.79 Å². The zero-order valence-electron chi connectivity index (χ0n) is 9.06. The van der Waals surface area contributed by atoms with Crippen LogP contribution in [0.3, 0.4) is 0 Å². The largest absolute Gasteiger partial charge is 0.497 e. The van der Waals surface area contributed by atoms with Crippen molar-refractivity contribution in [1.29, 1.82) is 0 Å². The van der Waals surface area contributed by atoms with Crippen LogP contribution in [-0.4, -0.2) is 29.3 Å². The van der Waals surface area contributed by atoms with E-state index in [-0.39, 0.29) is 17.5 Å². The van der Waals surface area contributed by atoms with Crippen molar-refractivity contribution in [2.24, 2.45) is 0 Å². The Morgan fingerprint density at radius 2 is 2.06 bits per heavy atom. The number of aliphatic carboxylic acids is 1. The van der Waals surface area contributed by atoms with E-state index >= 15 is 0 Å². The summed E-state index contributed by atoms with van der Waals surface area (Å²) in [6.07, 6.45) is -0.328. The number of carboxylic acid groups (broad SMARTS) is 2. The van der Waals surface area contributed by atoms with E-state index in [1.807, 2.05) is 0 Å². The molecule has 0 bridgehead atoms. The Bertz CT molecular complexity index is 507. The number of hydrogen-bond donors (Lipinski definition) is 2. The van der Waals surface area contributed by atoms with Gasteiger partial charge in [0.2, 0.25) is 0 Å². The molecule has 0 atom stereocenters. The fourth-order valence-corrected chi connectivity index (χ4v) is 1.15. The van der Waals surface area contributed by atoms with Gasteiger partial charge in [-0.3, -0.25) is 4.79 Å². The molecule has 0 saturated carbocycles. The second kappa shape index (κ2) is 5.56. The molecule has 1 rings (SSSR count). The van der Waals surface area contributed by atoms with E-state index in [0.717, 1.165) is 0 Å². The molecule has 2 N–H and O–H groups in total. The first-order valence-electron chi connectivity index (χ1n) is 4.66. The van der Waals surface area contributed by atoms with E-state index in [4.69, 9.17) is 14.9 Å². The number of benzene rings is 1. The van der Waals surface area contributed by atoms with E-state index < -0.39 is 11.9 Å². The third-order valence-corrected chi connectivity index (χ3v) is 1.92. The van der Waals surface area contributed by atoms with Gasteiger partial charge in [0.15, 0.2) is 0 Å². The molecule has 5 heteroatoms. The third-order valence-electron chi connectivity index (χ3n) is 1.92. The molecule has 0 aliphatic rings. The maximum absolute atomic E-state index is 10.9. The maximum Gasteiger partial charge on any atom is 0.337 e. The Kier molecular flexibility index (Phi) is 4.12. The molecule has 0 radical (unpaired) electrons. The zero-order valence-corrected chi connectivity index (χ0v) is 9.06. The molecule has 0 heterocycles. The summed E-state index contributed by atoms with van der Waals surface area (Å²) < 4.78 is 4.90. The number of carbonyl (C=O) groups is 2. The van der Waals surface area contributed by atoms with E-state index in [1.165, 1.54) is 19.2 Å². The van der Waals surface area contributed by atoms with Gasteiger partial charge in [-0.05, 0) is 18.2 Å². The van der Waals surface area contributed by atoms with Crippen molar-refractivity contribution >= 4 is 11.9 Å². The Morgan fingerprint density at radius 1 is 1.35 bits per heavy atom. The Labute approximate surface area is 97.6 Å². The van der Waals surface area contributed by atoms with Gasteiger partial charge in [0.05, 0.1) is 12.7 Å². The van der Waals surface area contributed by atoms with Crippen LogP contribution in [0, 0.1) is 11.8 Å². The Balaban J connectivity index is 3.09. The van der Waals surface area contributed by atoms with Crippen LogP contribution in [0.15, 0.2) is 18.2 Å². The molecule has 0 spiro atoms. The minimum atomic E-state index is -1.14. The molecule has 0 aliphatic heterocycles. The van der Waals surface area contributed by atoms with E-state index in [9.17, 15) is 9.59 Å². The number of ether oxygens (including phenoxy) is 1. The SMILES string of the molecule is COc1ccc(C#CCC(=O)O)c(C(=O)O)c1. The summed E-state index contributed by atoms with van der Waals surface area (Å²) in [5.41, 5.74) is 0.252. The van der Waals surface area contributed by atoms with Gasteiger partial charge < -0.3 is 14.9 Å². The van der Waals surface area contributed by atoms with Crippen LogP contribution in [0.25, 0.3) is 0 Å². The van der Waals surface area contributed by atoms with Gasteiger partial charge >= 0.3 is 11.9 Å². The van der Waals surface area contributed by atoms with E-state index in [2.05, 4.69) is 11.8 Å². The first-order chi connectivity index (χ1) is 8.04. The third kappa shape index (κ3) is 3.54. The molecular weight excluding hydrogens is 224 g/mol. The van der Waals surface area contributed by atoms with Crippen LogP contribution in [0.1, 0.15) is 22.3 Å². The van der Waals surface area contributed by atoms with Gasteiger partial charge in [0, 0.05) is 5.56 Å². The molecule has 0 amide bonds. The van der Waals surface area contributed by atoms with Crippen LogP contribution in [0.2, 0.25) is 0 Å². The van der Waals surface area contributed by atoms with Crippen molar-refractivity contribution in [3.05, 3.63) is 29.3 Å². The number of rotatable bonds is 3. The van der Waals surface area contributed by atoms with Crippen LogP contribution in [0.4, 0.5) is 0 Å². The highest BCUT2D eigenvalue weighted by atomic mass is 16.5. The topological polar surface area (TPSA) is 83.8 Å². The van der Waals surface area contributed by atoms with Crippen molar-refractivity contribution in [3.63, 3.8) is 0 Å². The summed E-state index contributed by atoms with van der Waals surface area (Å²) in [4.78, 5) is 21.2. The Morgan fingerprint density at radius 3 is 2.59 bits per heavy atom. The van der Waals surface area contributed by atoms with E-state index in [0.29, 0.717) is 5.75 Å². The second-order valence-corrected chi connectivity index (χ2v) is 3.09. The van der Waals surface area contributed by atoms with Gasteiger partial charge in [0.25, 0.3) is 0 Å². The van der Waals surface area contributed by atoms with Gasteiger partial charge in [-0.15, -0.1) is 0 Å². The lowest BCUT2D eigenvalue weighted by molar-refractivity contribution is -0.135. The summed E-state index contributed by atoms with van der Waals surface area (Å²) >= 11 is 0. The minimum absolute atomic E-state index is 0.0118. The quantitative estimate of drug-likeness (QED) is 0.768. The fraction of sp³-hybridized carbons (Fsp3) is 0.167. The van der Waals surface area contributed by atoms with Crippen molar-refractivity contribution in [3.8, 4) is 17.6 Å². The van der Waals surface area contributed by atoms with Crippen molar-refractivity contribution in [2.45, 2.75) is 6.42 Å². The summed E-state index contributed by atoms with van der Waals surface area (Å²) in [5, 5.41) is 17.4. The maximum atomic E-state index is 10.9. The summed E-state index contributed by atoms with van der Waals surface area (Å²) in [6.45, 7) is 0. The predicted octanol–water partition coefficient (Wildman–Crippen LogP) is 1.22. The highest BCUT2D eigenvalue weighted by molar-refractivity contribution is 5.91. The molecule has 88 valence electrons. The first-order valence-corrected chi connectivity index (χ1v) is 4.66. The van der Waals surface area contributed by atoms with Crippen LogP contribution in [0.5, 0.6) is 5.75 Å². The van der Waals surface area contributed by atoms with Gasteiger partial charge in [-0.25, -0.2) is 4.79 Å².